The van der Waals surface area contributed by atoms with E-state index in [2.05, 4.69) is 20.5 Å². The zero-order chi connectivity index (χ0) is 17.8. The maximum atomic E-state index is 12.0. The van der Waals surface area contributed by atoms with Gasteiger partial charge in [0.2, 0.25) is 5.91 Å². The largest absolute Gasteiger partial charge is 0.325 e. The third kappa shape index (κ3) is 4.64. The van der Waals surface area contributed by atoms with Gasteiger partial charge in [-0.1, -0.05) is 23.9 Å². The summed E-state index contributed by atoms with van der Waals surface area (Å²) in [5.41, 5.74) is 3.70. The summed E-state index contributed by atoms with van der Waals surface area (Å²) in [4.78, 5) is 17.5. The number of anilines is 1. The van der Waals surface area contributed by atoms with Gasteiger partial charge in [-0.15, -0.1) is 21.5 Å². The van der Waals surface area contributed by atoms with Crippen molar-refractivity contribution in [2.45, 2.75) is 25.8 Å². The quantitative estimate of drug-likeness (QED) is 0.680. The third-order valence-electron chi connectivity index (χ3n) is 3.43. The molecule has 0 spiro atoms. The van der Waals surface area contributed by atoms with E-state index in [0.717, 1.165) is 37.5 Å². The molecule has 2 aromatic heterocycles. The highest BCUT2D eigenvalue weighted by Crippen LogP contribution is 2.28. The van der Waals surface area contributed by atoms with Crippen molar-refractivity contribution in [3.05, 3.63) is 52.7 Å². The smallest absolute Gasteiger partial charge is 0.234 e. The second kappa shape index (κ2) is 7.76. The summed E-state index contributed by atoms with van der Waals surface area (Å²) in [7, 11) is 0. The standard InChI is InChI=1S/C18H18N4OS2/c1-11-5-4-6-14(9-11)20-16(23)10-24-17-8-7-15(21-22-17)18-12(2)19-13(3)25-18/h4-9H,10H2,1-3H3,(H,20,23). The SMILES string of the molecule is Cc1cccc(NC(=O)CSc2ccc(-c3sc(C)nc3C)nn2)c1. The first-order chi connectivity index (χ1) is 12.0. The van der Waals surface area contributed by atoms with Crippen LogP contribution in [0.25, 0.3) is 10.6 Å². The van der Waals surface area contributed by atoms with Crippen LogP contribution < -0.4 is 5.32 Å². The van der Waals surface area contributed by atoms with Crippen LogP contribution in [-0.4, -0.2) is 26.8 Å². The van der Waals surface area contributed by atoms with Crippen molar-refractivity contribution in [1.82, 2.24) is 15.2 Å². The van der Waals surface area contributed by atoms with Gasteiger partial charge in [-0.05, 0) is 50.6 Å². The van der Waals surface area contributed by atoms with Gasteiger partial charge in [-0.25, -0.2) is 4.98 Å². The maximum Gasteiger partial charge on any atom is 0.234 e. The Bertz CT molecular complexity index is 890. The molecule has 5 nitrogen and oxygen atoms in total. The fraction of sp³-hybridized carbons (Fsp3) is 0.222. The van der Waals surface area contributed by atoms with Crippen molar-refractivity contribution in [2.24, 2.45) is 0 Å². The minimum atomic E-state index is -0.0598. The molecule has 0 aliphatic carbocycles. The minimum Gasteiger partial charge on any atom is -0.325 e. The van der Waals surface area contributed by atoms with E-state index in [1.165, 1.54) is 11.8 Å². The molecule has 128 valence electrons. The molecule has 0 bridgehead atoms. The van der Waals surface area contributed by atoms with E-state index < -0.39 is 0 Å². The zero-order valence-corrected chi connectivity index (χ0v) is 15.9. The molecule has 2 heterocycles. The van der Waals surface area contributed by atoms with Gasteiger partial charge in [0, 0.05) is 5.69 Å². The molecule has 0 atom stereocenters. The van der Waals surface area contributed by atoms with Crippen molar-refractivity contribution < 1.29 is 4.79 Å². The molecule has 3 aromatic rings. The number of aryl methyl sites for hydroxylation is 3. The van der Waals surface area contributed by atoms with Crippen LogP contribution >= 0.6 is 23.1 Å². The summed E-state index contributed by atoms with van der Waals surface area (Å²) in [5, 5.41) is 13.1. The average Bonchev–Trinajstić information content (AvgIpc) is 2.92. The Morgan fingerprint density at radius 1 is 1.16 bits per heavy atom. The minimum absolute atomic E-state index is 0.0598. The monoisotopic (exact) mass is 370 g/mol. The summed E-state index contributed by atoms with van der Waals surface area (Å²) in [5.74, 6) is 0.233. The predicted molar refractivity (Wildman–Crippen MR) is 103 cm³/mol. The Hall–Kier alpha value is -2.25. The van der Waals surface area contributed by atoms with E-state index in [4.69, 9.17) is 0 Å². The van der Waals surface area contributed by atoms with Gasteiger partial charge in [0.15, 0.2) is 0 Å². The van der Waals surface area contributed by atoms with Crippen LogP contribution in [0.5, 0.6) is 0 Å². The molecule has 1 amide bonds. The number of aromatic nitrogens is 3. The molecule has 25 heavy (non-hydrogen) atoms. The molecule has 0 aliphatic rings. The number of hydrogen-bond acceptors (Lipinski definition) is 6. The summed E-state index contributed by atoms with van der Waals surface area (Å²) < 4.78 is 0. The lowest BCUT2D eigenvalue weighted by molar-refractivity contribution is -0.113. The topological polar surface area (TPSA) is 67.8 Å². The maximum absolute atomic E-state index is 12.0. The molecule has 0 saturated carbocycles. The summed E-state index contributed by atoms with van der Waals surface area (Å²) in [6, 6.07) is 11.6. The molecular formula is C18H18N4OS2. The van der Waals surface area contributed by atoms with Gasteiger partial charge in [0.05, 0.1) is 21.3 Å². The molecule has 1 aromatic carbocycles. The highest BCUT2D eigenvalue weighted by atomic mass is 32.2. The Morgan fingerprint density at radius 3 is 2.64 bits per heavy atom. The molecular weight excluding hydrogens is 352 g/mol. The summed E-state index contributed by atoms with van der Waals surface area (Å²) >= 11 is 2.98. The zero-order valence-electron chi connectivity index (χ0n) is 14.2. The fourth-order valence-corrected chi connectivity index (χ4v) is 3.85. The van der Waals surface area contributed by atoms with Crippen molar-refractivity contribution in [2.75, 3.05) is 11.1 Å². The van der Waals surface area contributed by atoms with E-state index in [9.17, 15) is 4.79 Å². The van der Waals surface area contributed by atoms with E-state index in [-0.39, 0.29) is 5.91 Å². The number of nitrogens with zero attached hydrogens (tertiary/aromatic N) is 3. The molecule has 0 radical (unpaired) electrons. The number of thiazole rings is 1. The van der Waals surface area contributed by atoms with Crippen LogP contribution in [0.15, 0.2) is 41.4 Å². The van der Waals surface area contributed by atoms with Crippen LogP contribution in [0, 0.1) is 20.8 Å². The van der Waals surface area contributed by atoms with Crippen LogP contribution in [-0.2, 0) is 4.79 Å². The molecule has 1 N–H and O–H groups in total. The molecule has 0 fully saturated rings. The fourth-order valence-electron chi connectivity index (χ4n) is 2.35. The Labute approximate surface area is 154 Å². The molecule has 0 saturated heterocycles. The number of nitrogens with one attached hydrogen (secondary N) is 1. The normalized spacial score (nSPS) is 10.7. The van der Waals surface area contributed by atoms with Crippen molar-refractivity contribution >= 4 is 34.7 Å². The number of hydrogen-bond donors (Lipinski definition) is 1. The number of carbonyl (C=O) groups is 1. The number of benzene rings is 1. The summed E-state index contributed by atoms with van der Waals surface area (Å²) in [6.45, 7) is 5.94. The second-order valence-electron chi connectivity index (χ2n) is 5.61. The lowest BCUT2D eigenvalue weighted by atomic mass is 10.2. The molecule has 0 unspecified atom stereocenters. The van der Waals surface area contributed by atoms with E-state index in [1.807, 2.05) is 57.2 Å². The van der Waals surface area contributed by atoms with Gasteiger partial charge >= 0.3 is 0 Å². The number of carbonyl (C=O) groups excluding carboxylic acids is 1. The van der Waals surface area contributed by atoms with Crippen LogP contribution in [0.1, 0.15) is 16.3 Å². The number of amides is 1. The lowest BCUT2D eigenvalue weighted by Gasteiger charge is -2.05. The highest BCUT2D eigenvalue weighted by Gasteiger charge is 2.10. The third-order valence-corrected chi connectivity index (χ3v) is 5.44. The molecule has 7 heteroatoms. The Kier molecular flexibility index (Phi) is 5.45. The first-order valence-electron chi connectivity index (χ1n) is 7.79. The van der Waals surface area contributed by atoms with Crippen molar-refractivity contribution in [3.63, 3.8) is 0 Å². The van der Waals surface area contributed by atoms with E-state index in [0.29, 0.717) is 5.75 Å². The number of rotatable bonds is 5. The number of thioether (sulfide) groups is 1. The van der Waals surface area contributed by atoms with Gasteiger partial charge < -0.3 is 5.32 Å². The first-order valence-corrected chi connectivity index (χ1v) is 9.59. The molecule has 0 aliphatic heterocycles. The Morgan fingerprint density at radius 2 is 2.00 bits per heavy atom. The van der Waals surface area contributed by atoms with Crippen LogP contribution in [0.3, 0.4) is 0 Å². The van der Waals surface area contributed by atoms with Crippen molar-refractivity contribution in [1.29, 1.82) is 0 Å². The van der Waals surface area contributed by atoms with E-state index in [1.54, 1.807) is 11.3 Å². The highest BCUT2D eigenvalue weighted by molar-refractivity contribution is 7.99. The first kappa shape index (κ1) is 17.6. The average molecular weight is 371 g/mol. The van der Waals surface area contributed by atoms with Gasteiger partial charge in [-0.3, -0.25) is 4.79 Å². The van der Waals surface area contributed by atoms with Gasteiger partial charge in [-0.2, -0.15) is 0 Å². The molecule has 3 rings (SSSR count). The Balaban J connectivity index is 1.58. The second-order valence-corrected chi connectivity index (χ2v) is 7.81. The van der Waals surface area contributed by atoms with E-state index >= 15 is 0 Å². The van der Waals surface area contributed by atoms with Crippen LogP contribution in [0.2, 0.25) is 0 Å². The predicted octanol–water partition coefficient (Wildman–Crippen LogP) is 4.26. The lowest BCUT2D eigenvalue weighted by Crippen LogP contribution is -2.14. The van der Waals surface area contributed by atoms with Gasteiger partial charge in [0.1, 0.15) is 10.7 Å². The van der Waals surface area contributed by atoms with Crippen LogP contribution in [0.4, 0.5) is 5.69 Å². The van der Waals surface area contributed by atoms with Gasteiger partial charge in [0.25, 0.3) is 0 Å². The summed E-state index contributed by atoms with van der Waals surface area (Å²) in [6.07, 6.45) is 0. The van der Waals surface area contributed by atoms with Crippen molar-refractivity contribution in [3.8, 4) is 10.6 Å².